The summed E-state index contributed by atoms with van der Waals surface area (Å²) >= 11 is 0. The van der Waals surface area contributed by atoms with Crippen LogP contribution in [0.25, 0.3) is 11.3 Å². The third kappa shape index (κ3) is 3.98. The highest BCUT2D eigenvalue weighted by Gasteiger charge is 2.31. The molecule has 1 aliphatic rings. The summed E-state index contributed by atoms with van der Waals surface area (Å²) in [5, 5.41) is 3.06. The number of anilines is 2. The van der Waals surface area contributed by atoms with Crippen LogP contribution in [0.2, 0.25) is 0 Å². The van der Waals surface area contributed by atoms with Crippen molar-refractivity contribution in [3.8, 4) is 22.9 Å². The Hall–Kier alpha value is -3.95. The monoisotopic (exact) mass is 435 g/mol. The van der Waals surface area contributed by atoms with Crippen LogP contribution in [-0.2, 0) is 6.42 Å². The van der Waals surface area contributed by atoms with Gasteiger partial charge in [0.2, 0.25) is 5.95 Å². The summed E-state index contributed by atoms with van der Waals surface area (Å²) in [7, 11) is 0. The lowest BCUT2D eigenvalue weighted by Gasteiger charge is -2.28. The highest BCUT2D eigenvalue weighted by molar-refractivity contribution is 5.98. The number of amides is 1. The molecule has 1 aromatic carbocycles. The zero-order valence-corrected chi connectivity index (χ0v) is 18.2. The number of aromatic nitrogens is 4. The fourth-order valence-electron chi connectivity index (χ4n) is 3.83. The van der Waals surface area contributed by atoms with Crippen molar-refractivity contribution in [2.45, 2.75) is 33.2 Å². The van der Waals surface area contributed by atoms with Gasteiger partial charge < -0.3 is 26.3 Å². The van der Waals surface area contributed by atoms with Gasteiger partial charge in [-0.05, 0) is 38.5 Å². The molecule has 3 aromatic rings. The molecule has 0 saturated carbocycles. The number of carbonyl (C=O) groups excluding carboxylic acids is 1. The SMILES string of the molecule is CCOc1ccc([C@H]2Cc3nc(N)nc(C)c3C(=O)N2)c(-c2cnc(N)c(OCC)n2)c1. The van der Waals surface area contributed by atoms with E-state index in [4.69, 9.17) is 20.9 Å². The van der Waals surface area contributed by atoms with Crippen molar-refractivity contribution in [2.75, 3.05) is 24.7 Å². The minimum Gasteiger partial charge on any atom is -0.494 e. The largest absolute Gasteiger partial charge is 0.494 e. The van der Waals surface area contributed by atoms with Gasteiger partial charge in [-0.2, -0.15) is 0 Å². The highest BCUT2D eigenvalue weighted by atomic mass is 16.5. The lowest BCUT2D eigenvalue weighted by molar-refractivity contribution is 0.0922. The van der Waals surface area contributed by atoms with E-state index >= 15 is 0 Å². The van der Waals surface area contributed by atoms with Crippen LogP contribution in [0.5, 0.6) is 11.6 Å². The Labute approximate surface area is 185 Å². The predicted octanol–water partition coefficient (Wildman–Crippen LogP) is 2.23. The number of nitrogens with one attached hydrogen (secondary N) is 1. The van der Waals surface area contributed by atoms with Crippen molar-refractivity contribution < 1.29 is 14.3 Å². The maximum atomic E-state index is 12.9. The molecule has 1 atom stereocenters. The maximum Gasteiger partial charge on any atom is 0.257 e. The number of rotatable bonds is 6. The molecule has 0 spiro atoms. The topological polar surface area (TPSA) is 151 Å². The lowest BCUT2D eigenvalue weighted by Crippen LogP contribution is -2.37. The number of fused-ring (bicyclic) bond motifs is 1. The molecule has 4 rings (SSSR count). The number of nitrogens with two attached hydrogens (primary N) is 2. The molecular weight excluding hydrogens is 410 g/mol. The second-order valence-electron chi connectivity index (χ2n) is 7.28. The lowest BCUT2D eigenvalue weighted by atomic mass is 9.90. The molecule has 5 N–H and O–H groups in total. The summed E-state index contributed by atoms with van der Waals surface area (Å²) in [6.07, 6.45) is 2.03. The number of nitrogens with zero attached hydrogens (tertiary/aromatic N) is 4. The fourth-order valence-corrected chi connectivity index (χ4v) is 3.83. The van der Waals surface area contributed by atoms with Gasteiger partial charge in [0, 0.05) is 12.0 Å². The van der Waals surface area contributed by atoms with Gasteiger partial charge in [-0.15, -0.1) is 0 Å². The minimum atomic E-state index is -0.357. The van der Waals surface area contributed by atoms with Crippen LogP contribution in [0, 0.1) is 6.92 Å². The van der Waals surface area contributed by atoms with E-state index in [9.17, 15) is 4.79 Å². The third-order valence-corrected chi connectivity index (χ3v) is 5.15. The molecule has 32 heavy (non-hydrogen) atoms. The van der Waals surface area contributed by atoms with Crippen LogP contribution in [0.1, 0.15) is 47.2 Å². The molecule has 1 amide bonds. The molecule has 10 heteroatoms. The van der Waals surface area contributed by atoms with Crippen molar-refractivity contribution in [2.24, 2.45) is 0 Å². The van der Waals surface area contributed by atoms with Crippen LogP contribution < -0.4 is 26.3 Å². The van der Waals surface area contributed by atoms with Gasteiger partial charge in [-0.1, -0.05) is 6.07 Å². The standard InChI is InChI=1S/C22H25N7O3/c1-4-31-12-6-7-13(14(8-12)17-10-25-19(23)21(28-17)32-5-2)15-9-16-18(20(30)27-15)11(3)26-22(24)29-16/h6-8,10,15H,4-5,9H2,1-3H3,(H2,23,25)(H,27,30)(H2,24,26,29)/t15-/m1/s1. The van der Waals surface area contributed by atoms with Crippen molar-refractivity contribution in [1.29, 1.82) is 0 Å². The number of nitrogen functional groups attached to an aromatic ring is 2. The second kappa shape index (κ2) is 8.66. The van der Waals surface area contributed by atoms with Crippen LogP contribution in [-0.4, -0.2) is 39.1 Å². The van der Waals surface area contributed by atoms with E-state index in [1.807, 2.05) is 32.0 Å². The molecule has 0 bridgehead atoms. The fraction of sp³-hybridized carbons (Fsp3) is 0.318. The number of benzene rings is 1. The third-order valence-electron chi connectivity index (χ3n) is 5.15. The van der Waals surface area contributed by atoms with Gasteiger partial charge in [0.1, 0.15) is 5.75 Å². The minimum absolute atomic E-state index is 0.146. The van der Waals surface area contributed by atoms with Crippen LogP contribution in [0.15, 0.2) is 24.4 Å². The Kier molecular flexibility index (Phi) is 5.76. The molecule has 3 heterocycles. The second-order valence-corrected chi connectivity index (χ2v) is 7.28. The van der Waals surface area contributed by atoms with E-state index in [1.165, 1.54) is 0 Å². The van der Waals surface area contributed by atoms with Gasteiger partial charge in [-0.3, -0.25) is 4.79 Å². The highest BCUT2D eigenvalue weighted by Crippen LogP contribution is 2.36. The molecule has 10 nitrogen and oxygen atoms in total. The summed E-state index contributed by atoms with van der Waals surface area (Å²) < 4.78 is 11.2. The molecule has 2 aromatic heterocycles. The van der Waals surface area contributed by atoms with Gasteiger partial charge >= 0.3 is 0 Å². The molecule has 0 aliphatic carbocycles. The number of hydrogen-bond acceptors (Lipinski definition) is 9. The summed E-state index contributed by atoms with van der Waals surface area (Å²) in [6, 6.07) is 5.28. The Bertz CT molecular complexity index is 1180. The molecule has 1 aliphatic heterocycles. The van der Waals surface area contributed by atoms with E-state index in [-0.39, 0.29) is 29.6 Å². The Morgan fingerprint density at radius 3 is 2.66 bits per heavy atom. The average Bonchev–Trinajstić information content (AvgIpc) is 2.75. The van der Waals surface area contributed by atoms with Gasteiger partial charge in [0.25, 0.3) is 11.8 Å². The first-order valence-electron chi connectivity index (χ1n) is 10.4. The molecular formula is C22H25N7O3. The van der Waals surface area contributed by atoms with E-state index < -0.39 is 0 Å². The van der Waals surface area contributed by atoms with Crippen molar-refractivity contribution in [1.82, 2.24) is 25.3 Å². The zero-order chi connectivity index (χ0) is 22.8. The van der Waals surface area contributed by atoms with E-state index in [1.54, 1.807) is 13.1 Å². The van der Waals surface area contributed by atoms with E-state index in [0.717, 1.165) is 11.1 Å². The molecule has 0 unspecified atom stereocenters. The first-order chi connectivity index (χ1) is 15.4. The van der Waals surface area contributed by atoms with Crippen LogP contribution in [0.4, 0.5) is 11.8 Å². The first-order valence-corrected chi connectivity index (χ1v) is 10.4. The number of aryl methyl sites for hydroxylation is 1. The summed E-state index contributed by atoms with van der Waals surface area (Å²) in [5.41, 5.74) is 15.5. The van der Waals surface area contributed by atoms with Gasteiger partial charge in [0.05, 0.1) is 48.1 Å². The zero-order valence-electron chi connectivity index (χ0n) is 18.2. The number of ether oxygens (including phenoxy) is 2. The molecule has 0 fully saturated rings. The smallest absolute Gasteiger partial charge is 0.257 e. The summed E-state index contributed by atoms with van der Waals surface area (Å²) in [6.45, 7) is 6.43. The van der Waals surface area contributed by atoms with Crippen molar-refractivity contribution >= 4 is 17.7 Å². The molecule has 0 saturated heterocycles. The number of carbonyl (C=O) groups is 1. The first kappa shape index (κ1) is 21.3. The Morgan fingerprint density at radius 1 is 1.12 bits per heavy atom. The van der Waals surface area contributed by atoms with Crippen LogP contribution >= 0.6 is 0 Å². The average molecular weight is 435 g/mol. The summed E-state index contributed by atoms with van der Waals surface area (Å²) in [5.74, 6) is 1.04. The van der Waals surface area contributed by atoms with Crippen molar-refractivity contribution in [3.63, 3.8) is 0 Å². The van der Waals surface area contributed by atoms with E-state index in [0.29, 0.717) is 48.0 Å². The Morgan fingerprint density at radius 2 is 1.91 bits per heavy atom. The predicted molar refractivity (Wildman–Crippen MR) is 119 cm³/mol. The maximum absolute atomic E-state index is 12.9. The van der Waals surface area contributed by atoms with Crippen LogP contribution in [0.3, 0.4) is 0 Å². The Balaban J connectivity index is 1.81. The number of hydrogen-bond donors (Lipinski definition) is 3. The quantitative estimate of drug-likeness (QED) is 0.529. The van der Waals surface area contributed by atoms with Gasteiger partial charge in [0.15, 0.2) is 5.82 Å². The van der Waals surface area contributed by atoms with Crippen molar-refractivity contribution in [3.05, 3.63) is 46.9 Å². The molecule has 0 radical (unpaired) electrons. The normalized spacial score (nSPS) is 15.1. The molecule has 166 valence electrons. The summed E-state index contributed by atoms with van der Waals surface area (Å²) in [4.78, 5) is 30.1. The van der Waals surface area contributed by atoms with E-state index in [2.05, 4.69) is 25.3 Å². The van der Waals surface area contributed by atoms with Gasteiger partial charge in [-0.25, -0.2) is 19.9 Å².